The summed E-state index contributed by atoms with van der Waals surface area (Å²) in [4.78, 5) is 1.52. The zero-order valence-corrected chi connectivity index (χ0v) is 12.3. The third-order valence-electron chi connectivity index (χ3n) is 2.94. The maximum Gasteiger partial charge on any atom is 0.235 e. The van der Waals surface area contributed by atoms with E-state index in [0.29, 0.717) is 10.8 Å². The molecule has 0 aliphatic carbocycles. The van der Waals surface area contributed by atoms with Gasteiger partial charge in [-0.1, -0.05) is 15.8 Å². The van der Waals surface area contributed by atoms with Crippen LogP contribution < -0.4 is 0 Å². The first-order valence-corrected chi connectivity index (χ1v) is 7.59. The first-order chi connectivity index (χ1) is 10.2. The van der Waals surface area contributed by atoms with E-state index >= 15 is 0 Å². The minimum absolute atomic E-state index is 0.270. The minimum atomic E-state index is -0.270. The van der Waals surface area contributed by atoms with Gasteiger partial charge in [0.25, 0.3) is 0 Å². The Bertz CT molecular complexity index is 923. The standard InChI is InChI=1S/C12H7FN6S2/c1-6-9(21-18-14-6)10-15-16-12-19(10)17-11(20-12)7-2-4-8(13)5-3-7/h2-5H,1H3. The van der Waals surface area contributed by atoms with Crippen molar-refractivity contribution < 1.29 is 4.39 Å². The molecule has 0 fully saturated rings. The average Bonchev–Trinajstić information content (AvgIpc) is 3.15. The Morgan fingerprint density at radius 2 is 1.90 bits per heavy atom. The lowest BCUT2D eigenvalue weighted by atomic mass is 10.2. The summed E-state index contributed by atoms with van der Waals surface area (Å²) in [7, 11) is 0. The second-order valence-corrected chi connectivity index (χ2v) is 6.03. The van der Waals surface area contributed by atoms with E-state index in [2.05, 4.69) is 24.9 Å². The highest BCUT2D eigenvalue weighted by Gasteiger charge is 2.18. The molecule has 104 valence electrons. The van der Waals surface area contributed by atoms with Crippen molar-refractivity contribution in [2.24, 2.45) is 0 Å². The molecule has 0 radical (unpaired) electrons. The van der Waals surface area contributed by atoms with Crippen molar-refractivity contribution in [3.05, 3.63) is 35.8 Å². The molecule has 3 aromatic heterocycles. The highest BCUT2D eigenvalue weighted by molar-refractivity contribution is 7.19. The van der Waals surface area contributed by atoms with Gasteiger partial charge in [0.1, 0.15) is 15.7 Å². The minimum Gasteiger partial charge on any atom is -0.207 e. The summed E-state index contributed by atoms with van der Waals surface area (Å²) < 4.78 is 18.6. The molecule has 0 aliphatic heterocycles. The van der Waals surface area contributed by atoms with E-state index in [-0.39, 0.29) is 5.82 Å². The van der Waals surface area contributed by atoms with Gasteiger partial charge in [-0.15, -0.1) is 15.3 Å². The number of aryl methyl sites for hydroxylation is 1. The van der Waals surface area contributed by atoms with E-state index in [1.54, 1.807) is 16.6 Å². The summed E-state index contributed by atoms with van der Waals surface area (Å²) in [6, 6.07) is 6.21. The molecule has 0 aliphatic rings. The number of rotatable bonds is 2. The molecule has 4 rings (SSSR count). The summed E-state index contributed by atoms with van der Waals surface area (Å²) in [6.45, 7) is 1.87. The van der Waals surface area contributed by atoms with Crippen LogP contribution in [0.2, 0.25) is 0 Å². The van der Waals surface area contributed by atoms with Gasteiger partial charge in [0.2, 0.25) is 4.96 Å². The number of nitrogens with zero attached hydrogens (tertiary/aromatic N) is 6. The summed E-state index contributed by atoms with van der Waals surface area (Å²) in [5, 5.41) is 17.5. The highest BCUT2D eigenvalue weighted by atomic mass is 32.1. The molecule has 9 heteroatoms. The first-order valence-electron chi connectivity index (χ1n) is 6.00. The fourth-order valence-electron chi connectivity index (χ4n) is 1.90. The predicted octanol–water partition coefficient (Wildman–Crippen LogP) is 2.82. The molecular formula is C12H7FN6S2. The van der Waals surface area contributed by atoms with E-state index in [4.69, 9.17) is 0 Å². The largest absolute Gasteiger partial charge is 0.235 e. The molecule has 3 heterocycles. The summed E-state index contributed by atoms with van der Waals surface area (Å²) in [6.07, 6.45) is 0. The van der Waals surface area contributed by atoms with Crippen LogP contribution in [0.1, 0.15) is 5.69 Å². The fourth-order valence-corrected chi connectivity index (χ4v) is 3.38. The van der Waals surface area contributed by atoms with Crippen molar-refractivity contribution in [2.45, 2.75) is 6.92 Å². The monoisotopic (exact) mass is 318 g/mol. The molecule has 0 amide bonds. The number of hydrogen-bond donors (Lipinski definition) is 0. The second kappa shape index (κ2) is 4.64. The lowest BCUT2D eigenvalue weighted by molar-refractivity contribution is 0.628. The van der Waals surface area contributed by atoms with Crippen LogP contribution in [0.4, 0.5) is 4.39 Å². The smallest absolute Gasteiger partial charge is 0.207 e. The highest BCUT2D eigenvalue weighted by Crippen LogP contribution is 2.29. The van der Waals surface area contributed by atoms with E-state index in [1.807, 2.05) is 6.92 Å². The first kappa shape index (κ1) is 12.5. The number of aromatic nitrogens is 6. The SMILES string of the molecule is Cc1nnsc1-c1nnc2sc(-c3ccc(F)cc3)nn12. The van der Waals surface area contributed by atoms with Crippen molar-refractivity contribution in [1.29, 1.82) is 0 Å². The fraction of sp³-hybridized carbons (Fsp3) is 0.0833. The second-order valence-electron chi connectivity index (χ2n) is 4.32. The molecule has 0 bridgehead atoms. The summed E-state index contributed by atoms with van der Waals surface area (Å²) >= 11 is 2.66. The summed E-state index contributed by atoms with van der Waals surface area (Å²) in [5.74, 6) is 0.357. The Balaban J connectivity index is 1.86. The van der Waals surface area contributed by atoms with Crippen LogP contribution in [-0.2, 0) is 0 Å². The van der Waals surface area contributed by atoms with E-state index in [1.165, 1.54) is 35.0 Å². The number of halogens is 1. The summed E-state index contributed by atoms with van der Waals surface area (Å²) in [5.41, 5.74) is 1.64. The topological polar surface area (TPSA) is 68.9 Å². The van der Waals surface area contributed by atoms with E-state index < -0.39 is 0 Å². The Labute approximate surface area is 126 Å². The quantitative estimate of drug-likeness (QED) is 0.568. The molecule has 0 spiro atoms. The van der Waals surface area contributed by atoms with Crippen LogP contribution >= 0.6 is 22.9 Å². The van der Waals surface area contributed by atoms with Gasteiger partial charge in [-0.3, -0.25) is 0 Å². The molecule has 6 nitrogen and oxygen atoms in total. The van der Waals surface area contributed by atoms with Gasteiger partial charge in [-0.25, -0.2) is 4.39 Å². The van der Waals surface area contributed by atoms with Crippen molar-refractivity contribution in [3.8, 4) is 21.3 Å². The van der Waals surface area contributed by atoms with Crippen LogP contribution in [0.3, 0.4) is 0 Å². The van der Waals surface area contributed by atoms with Crippen molar-refractivity contribution in [3.63, 3.8) is 0 Å². The van der Waals surface area contributed by atoms with Gasteiger partial charge in [-0.2, -0.15) is 9.61 Å². The third-order valence-corrected chi connectivity index (χ3v) is 4.71. The molecule has 21 heavy (non-hydrogen) atoms. The zero-order valence-electron chi connectivity index (χ0n) is 10.7. The van der Waals surface area contributed by atoms with Gasteiger partial charge in [0.05, 0.1) is 5.69 Å². The maximum absolute atomic E-state index is 13.0. The molecule has 0 N–H and O–H groups in total. The normalized spacial score (nSPS) is 11.3. The molecule has 1 aromatic carbocycles. The van der Waals surface area contributed by atoms with Crippen molar-refractivity contribution in [1.82, 2.24) is 29.4 Å². The molecule has 0 saturated carbocycles. The van der Waals surface area contributed by atoms with E-state index in [0.717, 1.165) is 21.1 Å². The molecular weight excluding hydrogens is 311 g/mol. The Hall–Kier alpha value is -2.26. The van der Waals surface area contributed by atoms with Crippen molar-refractivity contribution >= 4 is 27.8 Å². The Kier molecular flexibility index (Phi) is 2.76. The van der Waals surface area contributed by atoms with Crippen LogP contribution in [0.15, 0.2) is 24.3 Å². The van der Waals surface area contributed by atoms with Gasteiger partial charge in [0.15, 0.2) is 5.82 Å². The maximum atomic E-state index is 13.0. The Morgan fingerprint density at radius 1 is 1.10 bits per heavy atom. The van der Waals surface area contributed by atoms with Crippen molar-refractivity contribution in [2.75, 3.05) is 0 Å². The molecule has 0 atom stereocenters. The number of benzene rings is 1. The number of hydrogen-bond acceptors (Lipinski definition) is 7. The van der Waals surface area contributed by atoms with Crippen LogP contribution in [0.25, 0.3) is 26.2 Å². The van der Waals surface area contributed by atoms with Gasteiger partial charge in [-0.05, 0) is 42.7 Å². The van der Waals surface area contributed by atoms with Crippen LogP contribution in [0.5, 0.6) is 0 Å². The Morgan fingerprint density at radius 3 is 2.62 bits per heavy atom. The lowest BCUT2D eigenvalue weighted by Gasteiger charge is -1.95. The van der Waals surface area contributed by atoms with Crippen LogP contribution in [-0.4, -0.2) is 29.4 Å². The zero-order chi connectivity index (χ0) is 14.4. The average molecular weight is 318 g/mol. The van der Waals surface area contributed by atoms with Crippen LogP contribution in [0, 0.1) is 12.7 Å². The van der Waals surface area contributed by atoms with Gasteiger partial charge in [0, 0.05) is 5.56 Å². The lowest BCUT2D eigenvalue weighted by Crippen LogP contribution is -1.90. The predicted molar refractivity (Wildman–Crippen MR) is 77.7 cm³/mol. The van der Waals surface area contributed by atoms with Gasteiger partial charge < -0.3 is 0 Å². The van der Waals surface area contributed by atoms with Gasteiger partial charge >= 0.3 is 0 Å². The molecule has 4 aromatic rings. The molecule has 0 saturated heterocycles. The third kappa shape index (κ3) is 2.01. The van der Waals surface area contributed by atoms with E-state index in [9.17, 15) is 4.39 Å². The number of fused-ring (bicyclic) bond motifs is 1. The molecule has 0 unspecified atom stereocenters.